The van der Waals surface area contributed by atoms with Crippen molar-refractivity contribution in [2.75, 3.05) is 31.5 Å². The number of nitrogens with one attached hydrogen (secondary N) is 2. The smallest absolute Gasteiger partial charge is 0.230 e. The van der Waals surface area contributed by atoms with Crippen LogP contribution in [0.4, 0.5) is 5.69 Å². The van der Waals surface area contributed by atoms with Crippen LogP contribution in [0.25, 0.3) is 0 Å². The zero-order valence-electron chi connectivity index (χ0n) is 14.9. The number of rotatable bonds is 11. The maximum atomic E-state index is 12.1. The molecular formula is C18H30N3O3+. The highest BCUT2D eigenvalue weighted by atomic mass is 16.4. The van der Waals surface area contributed by atoms with Crippen molar-refractivity contribution in [3.05, 3.63) is 29.8 Å². The molecule has 0 aliphatic carbocycles. The molecule has 0 spiro atoms. The average molecular weight is 336 g/mol. The standard InChI is InChI=1S/C18H29N3O3/c1-4-14-7-9-15(10-8-14)20-17(22)13-16(18(23)24)19-11-12-21(5-2)6-3/h7-10,16,19H,4-6,11-13H2,1-3H3,(H,20,22)(H,23,24)/p+1/t16-/m0/s1. The summed E-state index contributed by atoms with van der Waals surface area (Å²) in [7, 11) is 0. The van der Waals surface area contributed by atoms with Crippen LogP contribution in [0.5, 0.6) is 0 Å². The number of carboxylic acid groups (broad SMARTS) is 1. The molecule has 134 valence electrons. The second-order valence-corrected chi connectivity index (χ2v) is 5.96. The number of carbonyl (C=O) groups is 2. The third kappa shape index (κ3) is 7.10. The summed E-state index contributed by atoms with van der Waals surface area (Å²) in [5.41, 5.74) is 1.87. The summed E-state index contributed by atoms with van der Waals surface area (Å²) in [6, 6.07) is 6.71. The molecule has 4 N–H and O–H groups in total. The topological polar surface area (TPSA) is 90.3 Å². The van der Waals surface area contributed by atoms with Crippen LogP contribution in [0, 0.1) is 0 Å². The number of likely N-dealkylation sites (N-methyl/N-ethyl adjacent to an activating group) is 1. The molecule has 0 unspecified atom stereocenters. The Morgan fingerprint density at radius 1 is 1.17 bits per heavy atom. The lowest BCUT2D eigenvalue weighted by molar-refractivity contribution is -0.910. The first-order chi connectivity index (χ1) is 11.5. The van der Waals surface area contributed by atoms with E-state index in [2.05, 4.69) is 26.1 Å². The summed E-state index contributed by atoms with van der Waals surface area (Å²) in [4.78, 5) is 24.7. The number of quaternary nitrogens is 2. The van der Waals surface area contributed by atoms with Crippen LogP contribution in [0.3, 0.4) is 0 Å². The van der Waals surface area contributed by atoms with Gasteiger partial charge in [0.25, 0.3) is 0 Å². The Labute approximate surface area is 144 Å². The minimum absolute atomic E-state index is 0.0918. The fourth-order valence-electron chi connectivity index (χ4n) is 2.59. The molecular weight excluding hydrogens is 306 g/mol. The molecule has 6 heteroatoms. The molecule has 0 aromatic heterocycles. The summed E-state index contributed by atoms with van der Waals surface area (Å²) < 4.78 is 0. The van der Waals surface area contributed by atoms with Gasteiger partial charge in [0.15, 0.2) is 0 Å². The molecule has 1 atom stereocenters. The van der Waals surface area contributed by atoms with Gasteiger partial charge in [-0.05, 0) is 38.0 Å². The van der Waals surface area contributed by atoms with E-state index < -0.39 is 12.0 Å². The second kappa shape index (κ2) is 10.8. The number of aryl methyl sites for hydroxylation is 1. The fraction of sp³-hybridized carbons (Fsp3) is 0.556. The summed E-state index contributed by atoms with van der Waals surface area (Å²) in [6.07, 6.45) is 0.843. The number of carbonyl (C=O) groups excluding carboxylic acids is 2. The summed E-state index contributed by atoms with van der Waals surface area (Å²) in [5, 5.41) is 15.7. The van der Waals surface area contributed by atoms with E-state index in [9.17, 15) is 14.7 Å². The molecule has 1 amide bonds. The molecule has 6 nitrogen and oxygen atoms in total. The molecule has 0 aliphatic rings. The van der Waals surface area contributed by atoms with Gasteiger partial charge in [-0.3, -0.25) is 4.79 Å². The minimum atomic E-state index is -1.19. The van der Waals surface area contributed by atoms with Crippen LogP contribution in [0.1, 0.15) is 32.8 Å². The van der Waals surface area contributed by atoms with Gasteiger partial charge in [0.2, 0.25) is 5.91 Å². The lowest BCUT2D eigenvalue weighted by Gasteiger charge is -2.19. The van der Waals surface area contributed by atoms with E-state index in [4.69, 9.17) is 0 Å². The van der Waals surface area contributed by atoms with Crippen molar-refractivity contribution < 1.29 is 24.9 Å². The van der Waals surface area contributed by atoms with Crippen LogP contribution < -0.4 is 20.6 Å². The van der Waals surface area contributed by atoms with Crippen molar-refractivity contribution in [2.45, 2.75) is 39.7 Å². The number of hydrogen-bond acceptors (Lipinski definition) is 3. The number of benzene rings is 1. The minimum Gasteiger partial charge on any atom is -0.544 e. The third-order valence-electron chi connectivity index (χ3n) is 4.30. The highest BCUT2D eigenvalue weighted by molar-refractivity contribution is 5.93. The molecule has 24 heavy (non-hydrogen) atoms. The molecule has 0 fully saturated rings. The maximum absolute atomic E-state index is 12.1. The summed E-state index contributed by atoms with van der Waals surface area (Å²) in [6.45, 7) is 9.82. The van der Waals surface area contributed by atoms with Crippen molar-refractivity contribution in [1.82, 2.24) is 0 Å². The molecule has 1 aromatic rings. The molecule has 0 bridgehead atoms. The van der Waals surface area contributed by atoms with Crippen molar-refractivity contribution in [3.8, 4) is 0 Å². The SMILES string of the molecule is CCc1ccc(NC(=O)C[C@H]([NH2+]CC[NH+](CC)CC)C(=O)[O-])cc1. The predicted molar refractivity (Wildman–Crippen MR) is 91.6 cm³/mol. The van der Waals surface area contributed by atoms with Gasteiger partial charge < -0.3 is 25.4 Å². The largest absolute Gasteiger partial charge is 0.544 e. The molecule has 0 aliphatic heterocycles. The van der Waals surface area contributed by atoms with Gasteiger partial charge in [0.05, 0.1) is 25.5 Å². The predicted octanol–water partition coefficient (Wildman–Crippen LogP) is -1.82. The van der Waals surface area contributed by atoms with Gasteiger partial charge in [-0.1, -0.05) is 19.1 Å². The Bertz CT molecular complexity index is 513. The van der Waals surface area contributed by atoms with E-state index in [0.717, 1.165) is 26.1 Å². The molecule has 1 rings (SSSR count). The Balaban J connectivity index is 2.48. The lowest BCUT2D eigenvalue weighted by Crippen LogP contribution is -3.14. The third-order valence-corrected chi connectivity index (χ3v) is 4.30. The van der Waals surface area contributed by atoms with Crippen LogP contribution >= 0.6 is 0 Å². The molecule has 0 saturated carbocycles. The fourth-order valence-corrected chi connectivity index (χ4v) is 2.59. The van der Waals surface area contributed by atoms with Crippen molar-refractivity contribution in [3.63, 3.8) is 0 Å². The van der Waals surface area contributed by atoms with Crippen molar-refractivity contribution in [1.29, 1.82) is 0 Å². The Kier molecular flexibility index (Phi) is 9.04. The first kappa shape index (κ1) is 20.1. The van der Waals surface area contributed by atoms with Gasteiger partial charge in [-0.2, -0.15) is 0 Å². The highest BCUT2D eigenvalue weighted by Gasteiger charge is 2.19. The number of nitrogens with two attached hydrogens (primary N) is 1. The van der Waals surface area contributed by atoms with Gasteiger partial charge in [0, 0.05) is 5.69 Å². The van der Waals surface area contributed by atoms with E-state index in [1.165, 1.54) is 10.5 Å². The van der Waals surface area contributed by atoms with Crippen molar-refractivity contribution in [2.24, 2.45) is 0 Å². The van der Waals surface area contributed by atoms with E-state index in [1.54, 1.807) is 5.32 Å². The normalized spacial score (nSPS) is 12.2. The Hall–Kier alpha value is -1.92. The number of anilines is 1. The zero-order valence-corrected chi connectivity index (χ0v) is 14.9. The Morgan fingerprint density at radius 2 is 1.79 bits per heavy atom. The molecule has 0 saturated heterocycles. The van der Waals surface area contributed by atoms with E-state index in [1.807, 2.05) is 24.3 Å². The first-order valence-corrected chi connectivity index (χ1v) is 8.76. The number of hydrogen-bond donors (Lipinski definition) is 3. The van der Waals surface area contributed by atoms with Gasteiger partial charge >= 0.3 is 0 Å². The van der Waals surface area contributed by atoms with E-state index in [-0.39, 0.29) is 12.3 Å². The zero-order chi connectivity index (χ0) is 17.9. The second-order valence-electron chi connectivity index (χ2n) is 5.96. The summed E-state index contributed by atoms with van der Waals surface area (Å²) >= 11 is 0. The van der Waals surface area contributed by atoms with Crippen molar-refractivity contribution >= 4 is 17.6 Å². The number of carboxylic acids is 1. The quantitative estimate of drug-likeness (QED) is 0.445. The maximum Gasteiger partial charge on any atom is 0.230 e. The van der Waals surface area contributed by atoms with E-state index >= 15 is 0 Å². The van der Waals surface area contributed by atoms with Crippen LogP contribution in [0.15, 0.2) is 24.3 Å². The average Bonchev–Trinajstić information content (AvgIpc) is 2.58. The van der Waals surface area contributed by atoms with E-state index in [0.29, 0.717) is 12.2 Å². The van der Waals surface area contributed by atoms with Gasteiger partial charge in [0.1, 0.15) is 19.1 Å². The molecule has 0 radical (unpaired) electrons. The lowest BCUT2D eigenvalue weighted by atomic mass is 10.1. The highest BCUT2D eigenvalue weighted by Crippen LogP contribution is 2.10. The monoisotopic (exact) mass is 336 g/mol. The van der Waals surface area contributed by atoms with Crippen LogP contribution in [-0.2, 0) is 16.0 Å². The summed E-state index contributed by atoms with van der Waals surface area (Å²) in [5.74, 6) is -1.50. The van der Waals surface area contributed by atoms with Crippen LogP contribution in [-0.4, -0.2) is 44.1 Å². The van der Waals surface area contributed by atoms with Crippen LogP contribution in [0.2, 0.25) is 0 Å². The Morgan fingerprint density at radius 3 is 2.29 bits per heavy atom. The van der Waals surface area contributed by atoms with Gasteiger partial charge in [-0.25, -0.2) is 0 Å². The molecule has 1 aromatic carbocycles. The molecule has 0 heterocycles. The number of amides is 1. The number of aliphatic carboxylic acids is 1. The van der Waals surface area contributed by atoms with Gasteiger partial charge in [-0.15, -0.1) is 0 Å². The first-order valence-electron chi connectivity index (χ1n) is 8.76.